The van der Waals surface area contributed by atoms with Crippen molar-refractivity contribution in [3.8, 4) is 0 Å². The van der Waals surface area contributed by atoms with E-state index in [4.69, 9.17) is 11.6 Å². The van der Waals surface area contributed by atoms with Gasteiger partial charge >= 0.3 is 0 Å². The normalized spacial score (nSPS) is 14.9. The molecule has 1 aliphatic rings. The minimum Gasteiger partial charge on any atom is -0.367 e. The molecule has 1 amide bonds. The number of hydrogen-bond donors (Lipinski definition) is 2. The van der Waals surface area contributed by atoms with Crippen molar-refractivity contribution >= 4 is 34.5 Å². The van der Waals surface area contributed by atoms with Crippen molar-refractivity contribution in [1.29, 1.82) is 0 Å². The molecule has 8 nitrogen and oxygen atoms in total. The number of H-pyrrole nitrogens is 1. The Morgan fingerprint density at radius 2 is 1.94 bits per heavy atom. The molecular formula is C22H27ClN6O2. The number of hydrogen-bond acceptors (Lipinski definition) is 5. The molecule has 1 saturated heterocycles. The number of nitrogens with zero attached hydrogens (tertiary/aromatic N) is 4. The highest BCUT2D eigenvalue weighted by molar-refractivity contribution is 6.31. The van der Waals surface area contributed by atoms with E-state index in [9.17, 15) is 9.59 Å². The maximum absolute atomic E-state index is 13.0. The van der Waals surface area contributed by atoms with Gasteiger partial charge in [0, 0.05) is 54.2 Å². The number of rotatable bonds is 5. The minimum absolute atomic E-state index is 0.149. The molecule has 4 rings (SSSR count). The summed E-state index contributed by atoms with van der Waals surface area (Å²) in [4.78, 5) is 33.8. The van der Waals surface area contributed by atoms with Gasteiger partial charge in [0.1, 0.15) is 0 Å². The first-order chi connectivity index (χ1) is 14.9. The summed E-state index contributed by atoms with van der Waals surface area (Å²) in [6.07, 6.45) is 0.149. The molecule has 0 bridgehead atoms. The molecule has 3 aromatic rings. The van der Waals surface area contributed by atoms with E-state index in [1.54, 1.807) is 10.6 Å². The average molecular weight is 443 g/mol. The van der Waals surface area contributed by atoms with Gasteiger partial charge in [-0.15, -0.1) is 0 Å². The van der Waals surface area contributed by atoms with Gasteiger partial charge < -0.3 is 15.1 Å². The molecule has 0 atom stereocenters. The zero-order valence-electron chi connectivity index (χ0n) is 18.0. The van der Waals surface area contributed by atoms with Crippen LogP contribution in [0.1, 0.15) is 23.9 Å². The van der Waals surface area contributed by atoms with Crippen molar-refractivity contribution in [3.05, 3.63) is 56.6 Å². The Kier molecular flexibility index (Phi) is 6.02. The Bertz CT molecular complexity index is 1180. The smallest absolute Gasteiger partial charge is 0.266 e. The summed E-state index contributed by atoms with van der Waals surface area (Å²) in [5, 5.41) is 6.34. The zero-order chi connectivity index (χ0) is 22.1. The van der Waals surface area contributed by atoms with Gasteiger partial charge in [0.2, 0.25) is 5.91 Å². The number of aromatic nitrogens is 3. The van der Waals surface area contributed by atoms with E-state index in [1.165, 1.54) is 6.07 Å². The van der Waals surface area contributed by atoms with Crippen molar-refractivity contribution in [1.82, 2.24) is 19.5 Å². The molecule has 1 fully saturated rings. The topological polar surface area (TPSA) is 85.7 Å². The van der Waals surface area contributed by atoms with Crippen LogP contribution in [0.15, 0.2) is 29.1 Å². The zero-order valence-corrected chi connectivity index (χ0v) is 18.8. The van der Waals surface area contributed by atoms with Crippen LogP contribution in [-0.4, -0.2) is 58.1 Å². The number of piperazine rings is 1. The van der Waals surface area contributed by atoms with Crippen molar-refractivity contribution in [2.45, 2.75) is 27.2 Å². The largest absolute Gasteiger partial charge is 0.367 e. The summed E-state index contributed by atoms with van der Waals surface area (Å²) < 4.78 is 1.62. The fraction of sp³-hybridized carbons (Fsp3) is 0.409. The first-order valence-corrected chi connectivity index (χ1v) is 10.9. The maximum atomic E-state index is 13.0. The fourth-order valence-corrected chi connectivity index (χ4v) is 4.33. The number of carbonyl (C=O) groups excluding carboxylic acids is 1. The third-order valence-electron chi connectivity index (χ3n) is 5.93. The van der Waals surface area contributed by atoms with E-state index in [2.05, 4.69) is 32.1 Å². The first kappa shape index (κ1) is 21.4. The molecule has 2 N–H and O–H groups in total. The van der Waals surface area contributed by atoms with Gasteiger partial charge in [-0.25, -0.2) is 9.50 Å². The highest BCUT2D eigenvalue weighted by Crippen LogP contribution is 2.30. The third-order valence-corrected chi connectivity index (χ3v) is 6.17. The minimum atomic E-state index is -0.219. The molecule has 0 saturated carbocycles. The van der Waals surface area contributed by atoms with Crippen LogP contribution in [0.2, 0.25) is 5.02 Å². The monoisotopic (exact) mass is 442 g/mol. The SMILES string of the molecule is CCN1CCN(c2ccc(Cl)cc2NC(=O)Cc2c(C)nc3cc(=O)[nH]n3c2C)CC1. The third kappa shape index (κ3) is 4.45. The number of aryl methyl sites for hydroxylation is 2. The number of anilines is 2. The lowest BCUT2D eigenvalue weighted by molar-refractivity contribution is -0.115. The number of fused-ring (bicyclic) bond motifs is 1. The van der Waals surface area contributed by atoms with Gasteiger partial charge in [-0.3, -0.25) is 14.7 Å². The van der Waals surface area contributed by atoms with E-state index in [1.807, 2.05) is 26.0 Å². The summed E-state index contributed by atoms with van der Waals surface area (Å²) in [5.74, 6) is -0.155. The molecule has 0 unspecified atom stereocenters. The molecule has 0 aliphatic carbocycles. The van der Waals surface area contributed by atoms with Crippen molar-refractivity contribution in [3.63, 3.8) is 0 Å². The van der Waals surface area contributed by atoms with Crippen LogP contribution < -0.4 is 15.8 Å². The van der Waals surface area contributed by atoms with Crippen LogP contribution in [-0.2, 0) is 11.2 Å². The summed E-state index contributed by atoms with van der Waals surface area (Å²) in [5.41, 5.74) is 4.33. The molecule has 164 valence electrons. The number of amides is 1. The van der Waals surface area contributed by atoms with E-state index >= 15 is 0 Å². The maximum Gasteiger partial charge on any atom is 0.266 e. The number of carbonyl (C=O) groups is 1. The standard InChI is InChI=1S/C22H27ClN6O2/c1-4-27-7-9-28(10-8-27)19-6-5-16(23)11-18(19)25-21(30)12-17-14(2)24-20-13-22(31)26-29(20)15(17)3/h5-6,11,13H,4,7-10,12H2,1-3H3,(H,25,30)(H,26,31). The van der Waals surface area contributed by atoms with Crippen molar-refractivity contribution in [2.24, 2.45) is 0 Å². The van der Waals surface area contributed by atoms with E-state index in [0.717, 1.165) is 55.4 Å². The fourth-order valence-electron chi connectivity index (χ4n) is 4.16. The number of benzene rings is 1. The van der Waals surface area contributed by atoms with E-state index < -0.39 is 0 Å². The van der Waals surface area contributed by atoms with Gasteiger partial charge in [-0.2, -0.15) is 0 Å². The van der Waals surface area contributed by atoms with Gasteiger partial charge in [-0.05, 0) is 38.6 Å². The Morgan fingerprint density at radius 1 is 1.19 bits per heavy atom. The molecule has 3 heterocycles. The van der Waals surface area contributed by atoms with Gasteiger partial charge in [0.05, 0.1) is 17.8 Å². The first-order valence-electron chi connectivity index (χ1n) is 10.5. The molecule has 1 aromatic carbocycles. The predicted octanol–water partition coefficient (Wildman–Crippen LogP) is 2.62. The second-order valence-electron chi connectivity index (χ2n) is 7.88. The second kappa shape index (κ2) is 8.72. The van der Waals surface area contributed by atoms with Crippen LogP contribution >= 0.6 is 11.6 Å². The second-order valence-corrected chi connectivity index (χ2v) is 8.32. The molecule has 2 aromatic heterocycles. The number of halogens is 1. The summed E-state index contributed by atoms with van der Waals surface area (Å²) >= 11 is 6.24. The lowest BCUT2D eigenvalue weighted by atomic mass is 10.1. The van der Waals surface area contributed by atoms with Crippen LogP contribution in [0.4, 0.5) is 11.4 Å². The highest BCUT2D eigenvalue weighted by Gasteiger charge is 2.20. The predicted molar refractivity (Wildman–Crippen MR) is 123 cm³/mol. The Balaban J connectivity index is 1.56. The van der Waals surface area contributed by atoms with Gasteiger partial charge in [0.15, 0.2) is 5.65 Å². The molecular weight excluding hydrogens is 416 g/mol. The quantitative estimate of drug-likeness (QED) is 0.634. The van der Waals surface area contributed by atoms with Crippen molar-refractivity contribution in [2.75, 3.05) is 42.9 Å². The number of likely N-dealkylation sites (N-methyl/N-ethyl adjacent to an activating group) is 1. The van der Waals surface area contributed by atoms with Gasteiger partial charge in [-0.1, -0.05) is 18.5 Å². The summed E-state index contributed by atoms with van der Waals surface area (Å²) in [7, 11) is 0. The number of aromatic amines is 1. The van der Waals surface area contributed by atoms with E-state index in [0.29, 0.717) is 16.4 Å². The Morgan fingerprint density at radius 3 is 2.65 bits per heavy atom. The summed E-state index contributed by atoms with van der Waals surface area (Å²) in [6.45, 7) is 10.7. The molecule has 9 heteroatoms. The van der Waals surface area contributed by atoms with Crippen molar-refractivity contribution < 1.29 is 4.79 Å². The van der Waals surface area contributed by atoms with Crippen LogP contribution in [0.3, 0.4) is 0 Å². The highest BCUT2D eigenvalue weighted by atomic mass is 35.5. The summed E-state index contributed by atoms with van der Waals surface area (Å²) in [6, 6.07) is 7.06. The lowest BCUT2D eigenvalue weighted by Gasteiger charge is -2.36. The molecule has 1 aliphatic heterocycles. The Labute approximate surface area is 185 Å². The van der Waals surface area contributed by atoms with E-state index in [-0.39, 0.29) is 17.9 Å². The van der Waals surface area contributed by atoms with Crippen LogP contribution in [0.25, 0.3) is 5.65 Å². The molecule has 31 heavy (non-hydrogen) atoms. The number of nitrogens with one attached hydrogen (secondary N) is 2. The molecule has 0 radical (unpaired) electrons. The Hall–Kier alpha value is -2.84. The lowest BCUT2D eigenvalue weighted by Crippen LogP contribution is -2.46. The molecule has 0 spiro atoms. The van der Waals surface area contributed by atoms with Crippen LogP contribution in [0.5, 0.6) is 0 Å². The average Bonchev–Trinajstić information content (AvgIpc) is 3.11. The van der Waals surface area contributed by atoms with Gasteiger partial charge in [0.25, 0.3) is 5.56 Å². The van der Waals surface area contributed by atoms with Crippen LogP contribution in [0, 0.1) is 13.8 Å².